The lowest BCUT2D eigenvalue weighted by Gasteiger charge is -2.14. The largest absolute Gasteiger partial charge is 0.472 e. The van der Waals surface area contributed by atoms with Gasteiger partial charge in [-0.25, -0.2) is 0 Å². The number of rotatable bonds is 3. The molecule has 1 aromatic carbocycles. The van der Waals surface area contributed by atoms with Gasteiger partial charge in [0.25, 0.3) is 0 Å². The highest BCUT2D eigenvalue weighted by Crippen LogP contribution is 2.30. The molecule has 0 saturated heterocycles. The van der Waals surface area contributed by atoms with Crippen molar-refractivity contribution in [1.29, 1.82) is 0 Å². The van der Waals surface area contributed by atoms with Crippen LogP contribution in [0.1, 0.15) is 24.1 Å². The summed E-state index contributed by atoms with van der Waals surface area (Å²) in [6, 6.07) is 6.73. The van der Waals surface area contributed by atoms with Crippen molar-refractivity contribution in [2.45, 2.75) is 19.1 Å². The van der Waals surface area contributed by atoms with Crippen molar-refractivity contribution in [2.24, 2.45) is 0 Å². The second-order valence-electron chi connectivity index (χ2n) is 4.00. The molecule has 0 aliphatic heterocycles. The topological polar surface area (TPSA) is 25.2 Å². The summed E-state index contributed by atoms with van der Waals surface area (Å²) in [5.41, 5.74) is 0.926. The normalized spacial score (nSPS) is 13.3. The molecule has 0 aliphatic carbocycles. The molecule has 0 spiro atoms. The first kappa shape index (κ1) is 12.5. The van der Waals surface area contributed by atoms with Crippen LogP contribution >= 0.6 is 0 Å². The van der Waals surface area contributed by atoms with Crippen LogP contribution in [0.2, 0.25) is 0 Å². The van der Waals surface area contributed by atoms with Crippen LogP contribution in [-0.2, 0) is 6.18 Å². The van der Waals surface area contributed by atoms with E-state index in [4.69, 9.17) is 4.42 Å². The van der Waals surface area contributed by atoms with E-state index in [1.54, 1.807) is 12.5 Å². The highest BCUT2D eigenvalue weighted by Gasteiger charge is 2.29. The van der Waals surface area contributed by atoms with Gasteiger partial charge >= 0.3 is 6.18 Å². The van der Waals surface area contributed by atoms with E-state index in [0.717, 1.165) is 17.7 Å². The molecule has 2 aromatic rings. The lowest BCUT2D eigenvalue weighted by molar-refractivity contribution is -0.137. The van der Waals surface area contributed by atoms with Crippen molar-refractivity contribution in [2.75, 3.05) is 5.32 Å². The number of hydrogen-bond acceptors (Lipinski definition) is 2. The standard InChI is InChI=1S/C13H12F3NO/c1-9(10-6-7-18-8-10)17-12-4-2-11(3-5-12)13(14,15)16/h2-9,17H,1H3. The average Bonchev–Trinajstić information content (AvgIpc) is 2.82. The first-order valence-corrected chi connectivity index (χ1v) is 5.43. The molecule has 2 nitrogen and oxygen atoms in total. The monoisotopic (exact) mass is 255 g/mol. The number of hydrogen-bond donors (Lipinski definition) is 1. The Balaban J connectivity index is 2.07. The molecule has 0 radical (unpaired) electrons. The molecule has 1 N–H and O–H groups in total. The van der Waals surface area contributed by atoms with Gasteiger partial charge < -0.3 is 9.73 Å². The molecule has 0 aliphatic rings. The molecule has 0 fully saturated rings. The third-order valence-corrected chi connectivity index (χ3v) is 2.64. The van der Waals surface area contributed by atoms with Crippen LogP contribution in [-0.4, -0.2) is 0 Å². The molecule has 5 heteroatoms. The number of alkyl halides is 3. The van der Waals surface area contributed by atoms with E-state index in [-0.39, 0.29) is 6.04 Å². The van der Waals surface area contributed by atoms with Gasteiger partial charge in [-0.15, -0.1) is 0 Å². The fourth-order valence-electron chi connectivity index (χ4n) is 1.61. The SMILES string of the molecule is CC(Nc1ccc(C(F)(F)F)cc1)c1ccoc1. The van der Waals surface area contributed by atoms with Crippen molar-refractivity contribution >= 4 is 5.69 Å². The van der Waals surface area contributed by atoms with E-state index in [1.165, 1.54) is 12.1 Å². The minimum atomic E-state index is -4.30. The molecule has 1 unspecified atom stereocenters. The second-order valence-corrected chi connectivity index (χ2v) is 4.00. The van der Waals surface area contributed by atoms with Gasteiger partial charge in [0.05, 0.1) is 24.1 Å². The van der Waals surface area contributed by atoms with Gasteiger partial charge in [0.1, 0.15) is 0 Å². The van der Waals surface area contributed by atoms with Crippen molar-refractivity contribution in [3.8, 4) is 0 Å². The quantitative estimate of drug-likeness (QED) is 0.875. The van der Waals surface area contributed by atoms with E-state index in [1.807, 2.05) is 13.0 Å². The first-order valence-electron chi connectivity index (χ1n) is 5.43. The van der Waals surface area contributed by atoms with E-state index >= 15 is 0 Å². The highest BCUT2D eigenvalue weighted by atomic mass is 19.4. The Kier molecular flexibility index (Phi) is 3.32. The number of anilines is 1. The van der Waals surface area contributed by atoms with Crippen molar-refractivity contribution in [3.05, 3.63) is 54.0 Å². The fraction of sp³-hybridized carbons (Fsp3) is 0.231. The molecule has 96 valence electrons. The summed E-state index contributed by atoms with van der Waals surface area (Å²) in [5, 5.41) is 3.10. The maximum atomic E-state index is 12.4. The Morgan fingerprint density at radius 3 is 2.28 bits per heavy atom. The molecule has 1 heterocycles. The van der Waals surface area contributed by atoms with E-state index in [9.17, 15) is 13.2 Å². The molecule has 1 aromatic heterocycles. The molecule has 1 atom stereocenters. The number of nitrogens with one attached hydrogen (secondary N) is 1. The van der Waals surface area contributed by atoms with Crippen molar-refractivity contribution < 1.29 is 17.6 Å². The zero-order valence-corrected chi connectivity index (χ0v) is 9.66. The Morgan fingerprint density at radius 2 is 1.78 bits per heavy atom. The zero-order chi connectivity index (χ0) is 13.2. The molecule has 0 saturated carbocycles. The minimum Gasteiger partial charge on any atom is -0.472 e. The van der Waals surface area contributed by atoms with Crippen molar-refractivity contribution in [3.63, 3.8) is 0 Å². The average molecular weight is 255 g/mol. The predicted octanol–water partition coefficient (Wildman–Crippen LogP) is 4.47. The summed E-state index contributed by atoms with van der Waals surface area (Å²) in [6.07, 6.45) is -1.14. The summed E-state index contributed by atoms with van der Waals surface area (Å²) in [6.45, 7) is 1.91. The van der Waals surface area contributed by atoms with E-state index in [0.29, 0.717) is 5.69 Å². The van der Waals surface area contributed by atoms with Gasteiger partial charge in [-0.2, -0.15) is 13.2 Å². The molecular weight excluding hydrogens is 243 g/mol. The fourth-order valence-corrected chi connectivity index (χ4v) is 1.61. The van der Waals surface area contributed by atoms with Crippen LogP contribution in [0.3, 0.4) is 0 Å². The Morgan fingerprint density at radius 1 is 1.11 bits per heavy atom. The van der Waals surface area contributed by atoms with Crippen molar-refractivity contribution in [1.82, 2.24) is 0 Å². The minimum absolute atomic E-state index is 0.0273. The van der Waals surface area contributed by atoms with Crippen LogP contribution in [0.25, 0.3) is 0 Å². The van der Waals surface area contributed by atoms with E-state index in [2.05, 4.69) is 5.32 Å². The van der Waals surface area contributed by atoms with Crippen LogP contribution < -0.4 is 5.32 Å². The van der Waals surface area contributed by atoms with Crippen LogP contribution in [0.5, 0.6) is 0 Å². The predicted molar refractivity (Wildman–Crippen MR) is 62.2 cm³/mol. The molecule has 2 rings (SSSR count). The first-order chi connectivity index (χ1) is 8.47. The zero-order valence-electron chi connectivity index (χ0n) is 9.66. The van der Waals surface area contributed by atoms with Crippen LogP contribution in [0, 0.1) is 0 Å². The molecule has 18 heavy (non-hydrogen) atoms. The third-order valence-electron chi connectivity index (χ3n) is 2.64. The Bertz CT molecular complexity index is 488. The van der Waals surface area contributed by atoms with Gasteiger partial charge in [-0.3, -0.25) is 0 Å². The summed E-state index contributed by atoms with van der Waals surface area (Å²) >= 11 is 0. The van der Waals surface area contributed by atoms with Gasteiger partial charge in [0.2, 0.25) is 0 Å². The Labute approximate surface area is 102 Å². The van der Waals surface area contributed by atoms with E-state index < -0.39 is 11.7 Å². The summed E-state index contributed by atoms with van der Waals surface area (Å²) < 4.78 is 42.1. The summed E-state index contributed by atoms with van der Waals surface area (Å²) in [4.78, 5) is 0. The smallest absolute Gasteiger partial charge is 0.416 e. The highest BCUT2D eigenvalue weighted by molar-refractivity contribution is 5.46. The third kappa shape index (κ3) is 2.85. The molecule has 0 amide bonds. The number of benzene rings is 1. The van der Waals surface area contributed by atoms with Gasteiger partial charge in [-0.05, 0) is 37.3 Å². The summed E-state index contributed by atoms with van der Waals surface area (Å²) in [7, 11) is 0. The van der Waals surface area contributed by atoms with Crippen LogP contribution in [0.4, 0.5) is 18.9 Å². The maximum Gasteiger partial charge on any atom is 0.416 e. The number of furan rings is 1. The lowest BCUT2D eigenvalue weighted by atomic mass is 10.1. The molecule has 0 bridgehead atoms. The van der Waals surface area contributed by atoms with Gasteiger partial charge in [0, 0.05) is 11.3 Å². The number of halogens is 3. The maximum absolute atomic E-state index is 12.4. The summed E-state index contributed by atoms with van der Waals surface area (Å²) in [5.74, 6) is 0. The van der Waals surface area contributed by atoms with Crippen LogP contribution in [0.15, 0.2) is 47.3 Å². The Hall–Kier alpha value is -1.91. The second kappa shape index (κ2) is 4.76. The van der Waals surface area contributed by atoms with Gasteiger partial charge in [-0.1, -0.05) is 0 Å². The lowest BCUT2D eigenvalue weighted by Crippen LogP contribution is -2.07. The molecular formula is C13H12F3NO. The van der Waals surface area contributed by atoms with Gasteiger partial charge in [0.15, 0.2) is 0 Å².